The molecule has 0 fully saturated rings. The van der Waals surface area contributed by atoms with Gasteiger partial charge in [-0.2, -0.15) is 8.42 Å². The van der Waals surface area contributed by atoms with Gasteiger partial charge in [-0.3, -0.25) is 14.1 Å². The third-order valence-electron chi connectivity index (χ3n) is 2.30. The van der Waals surface area contributed by atoms with Crippen molar-refractivity contribution in [1.29, 1.82) is 0 Å². The van der Waals surface area contributed by atoms with Gasteiger partial charge in [-0.05, 0) is 19.1 Å². The normalized spacial score (nSPS) is 15.4. The summed E-state index contributed by atoms with van der Waals surface area (Å²) in [6.07, 6.45) is -0.167. The summed E-state index contributed by atoms with van der Waals surface area (Å²) in [6, 6.07) is 5.28. The average Bonchev–Trinajstić information content (AvgIpc) is 2.85. The SMILES string of the molecule is CC(Oc1c(Cl)cccc1Cl)C1=NCCN1.O=S(=O)(O)O. The molecule has 1 aromatic carbocycles. The van der Waals surface area contributed by atoms with Crippen molar-refractivity contribution < 1.29 is 22.3 Å². The van der Waals surface area contributed by atoms with E-state index in [1.165, 1.54) is 0 Å². The van der Waals surface area contributed by atoms with Crippen LogP contribution in [0.4, 0.5) is 0 Å². The molecule has 1 aliphatic rings. The smallest absolute Gasteiger partial charge is 0.394 e. The van der Waals surface area contributed by atoms with E-state index < -0.39 is 10.4 Å². The molecule has 3 N–H and O–H groups in total. The van der Waals surface area contributed by atoms with Crippen LogP contribution in [0.25, 0.3) is 0 Å². The van der Waals surface area contributed by atoms with Crippen LogP contribution in [0.5, 0.6) is 5.75 Å². The van der Waals surface area contributed by atoms with Crippen molar-refractivity contribution in [2.24, 2.45) is 4.99 Å². The number of nitrogens with zero attached hydrogens (tertiary/aromatic N) is 1. The van der Waals surface area contributed by atoms with Crippen molar-refractivity contribution in [3.8, 4) is 5.75 Å². The van der Waals surface area contributed by atoms with Gasteiger partial charge in [0, 0.05) is 6.54 Å². The first kappa shape index (κ1) is 18.0. The molecule has 1 heterocycles. The zero-order chi connectivity index (χ0) is 16.0. The second kappa shape index (κ2) is 7.81. The first-order chi connectivity index (χ1) is 9.68. The Hall–Kier alpha value is -1.06. The van der Waals surface area contributed by atoms with Gasteiger partial charge < -0.3 is 10.1 Å². The zero-order valence-electron chi connectivity index (χ0n) is 11.0. The number of para-hydroxylation sites is 1. The number of ether oxygens (including phenoxy) is 1. The Morgan fingerprint density at radius 1 is 1.33 bits per heavy atom. The predicted molar refractivity (Wildman–Crippen MR) is 81.0 cm³/mol. The van der Waals surface area contributed by atoms with Crippen LogP contribution < -0.4 is 10.1 Å². The van der Waals surface area contributed by atoms with E-state index >= 15 is 0 Å². The number of halogens is 2. The standard InChI is InChI=1S/C11H12Cl2N2O.H2O4S/c1-7(11-14-5-6-15-11)16-10-8(12)3-2-4-9(10)13;1-5(2,3)4/h2-4,7H,5-6H2,1H3,(H,14,15);(H2,1,2,3,4). The molecule has 0 amide bonds. The third kappa shape index (κ3) is 6.96. The molecule has 0 saturated carbocycles. The molecule has 0 aliphatic carbocycles. The number of benzene rings is 1. The fraction of sp³-hybridized carbons (Fsp3) is 0.364. The van der Waals surface area contributed by atoms with Gasteiger partial charge in [-0.25, -0.2) is 0 Å². The van der Waals surface area contributed by atoms with E-state index in [0.717, 1.165) is 18.9 Å². The summed E-state index contributed by atoms with van der Waals surface area (Å²) in [5.41, 5.74) is 0. The van der Waals surface area contributed by atoms with Gasteiger partial charge in [-0.1, -0.05) is 29.3 Å². The molecular formula is C11H14Cl2N2O5S. The van der Waals surface area contributed by atoms with Gasteiger partial charge in [0.2, 0.25) is 0 Å². The predicted octanol–water partition coefficient (Wildman–Crippen LogP) is 2.11. The molecule has 0 aromatic heterocycles. The topological polar surface area (TPSA) is 108 Å². The minimum absolute atomic E-state index is 0.167. The summed E-state index contributed by atoms with van der Waals surface area (Å²) >= 11 is 12.0. The summed E-state index contributed by atoms with van der Waals surface area (Å²) in [6.45, 7) is 3.56. The highest BCUT2D eigenvalue weighted by molar-refractivity contribution is 7.79. The van der Waals surface area contributed by atoms with Crippen LogP contribution in [-0.4, -0.2) is 42.6 Å². The zero-order valence-corrected chi connectivity index (χ0v) is 13.3. The van der Waals surface area contributed by atoms with Crippen molar-refractivity contribution >= 4 is 39.4 Å². The number of amidine groups is 1. The van der Waals surface area contributed by atoms with Crippen molar-refractivity contribution in [3.05, 3.63) is 28.2 Å². The molecule has 0 saturated heterocycles. The summed E-state index contributed by atoms with van der Waals surface area (Å²) in [5.74, 6) is 1.35. The Morgan fingerprint density at radius 2 is 1.86 bits per heavy atom. The van der Waals surface area contributed by atoms with E-state index in [4.69, 9.17) is 45.5 Å². The number of hydrogen-bond acceptors (Lipinski definition) is 5. The van der Waals surface area contributed by atoms with Gasteiger partial charge in [0.25, 0.3) is 0 Å². The molecular weight excluding hydrogens is 343 g/mol. The van der Waals surface area contributed by atoms with Crippen LogP contribution in [0.1, 0.15) is 6.92 Å². The number of aliphatic imine (C=N–C) groups is 1. The first-order valence-electron chi connectivity index (χ1n) is 5.77. The Labute approximate surface area is 132 Å². The van der Waals surface area contributed by atoms with Crippen LogP contribution in [0.3, 0.4) is 0 Å². The highest BCUT2D eigenvalue weighted by Crippen LogP contribution is 2.33. The molecule has 2 rings (SSSR count). The third-order valence-corrected chi connectivity index (χ3v) is 2.89. The molecule has 1 unspecified atom stereocenters. The largest absolute Gasteiger partial charge is 0.480 e. The van der Waals surface area contributed by atoms with Gasteiger partial charge in [0.1, 0.15) is 5.84 Å². The molecule has 0 bridgehead atoms. The van der Waals surface area contributed by atoms with E-state index in [0.29, 0.717) is 15.8 Å². The second-order valence-electron chi connectivity index (χ2n) is 3.95. The van der Waals surface area contributed by atoms with Crippen molar-refractivity contribution in [1.82, 2.24) is 5.32 Å². The molecule has 21 heavy (non-hydrogen) atoms. The fourth-order valence-electron chi connectivity index (χ4n) is 1.52. The first-order valence-corrected chi connectivity index (χ1v) is 7.92. The summed E-state index contributed by atoms with van der Waals surface area (Å²) in [5, 5.41) is 4.18. The van der Waals surface area contributed by atoms with E-state index in [2.05, 4.69) is 10.3 Å². The van der Waals surface area contributed by atoms with E-state index in [-0.39, 0.29) is 6.10 Å². The minimum atomic E-state index is -4.67. The molecule has 0 radical (unpaired) electrons. The van der Waals surface area contributed by atoms with Crippen molar-refractivity contribution in [2.45, 2.75) is 13.0 Å². The maximum atomic E-state index is 8.74. The van der Waals surface area contributed by atoms with Gasteiger partial charge in [-0.15, -0.1) is 0 Å². The van der Waals surface area contributed by atoms with E-state index in [1.54, 1.807) is 18.2 Å². The maximum Gasteiger partial charge on any atom is 0.394 e. The van der Waals surface area contributed by atoms with E-state index in [9.17, 15) is 0 Å². The average molecular weight is 357 g/mol. The lowest BCUT2D eigenvalue weighted by Crippen LogP contribution is -2.33. The molecule has 118 valence electrons. The monoisotopic (exact) mass is 356 g/mol. The quantitative estimate of drug-likeness (QED) is 0.715. The highest BCUT2D eigenvalue weighted by Gasteiger charge is 2.17. The minimum Gasteiger partial charge on any atom is -0.480 e. The number of rotatable bonds is 3. The molecule has 10 heteroatoms. The number of nitrogens with one attached hydrogen (secondary N) is 1. The summed E-state index contributed by atoms with van der Waals surface area (Å²) in [4.78, 5) is 4.29. The van der Waals surface area contributed by atoms with Crippen molar-refractivity contribution in [2.75, 3.05) is 13.1 Å². The Morgan fingerprint density at radius 3 is 2.29 bits per heavy atom. The molecule has 1 aliphatic heterocycles. The van der Waals surface area contributed by atoms with Gasteiger partial charge in [0.15, 0.2) is 11.9 Å². The van der Waals surface area contributed by atoms with Crippen LogP contribution in [-0.2, 0) is 10.4 Å². The van der Waals surface area contributed by atoms with Crippen LogP contribution in [0, 0.1) is 0 Å². The molecule has 0 spiro atoms. The Bertz CT molecular complexity index is 593. The lowest BCUT2D eigenvalue weighted by Gasteiger charge is -2.16. The van der Waals surface area contributed by atoms with Crippen LogP contribution >= 0.6 is 23.2 Å². The lowest BCUT2D eigenvalue weighted by molar-refractivity contribution is 0.284. The number of hydrogen-bond donors (Lipinski definition) is 3. The summed E-state index contributed by atoms with van der Waals surface area (Å²) in [7, 11) is -4.67. The highest BCUT2D eigenvalue weighted by atomic mass is 35.5. The Balaban J connectivity index is 0.000000383. The van der Waals surface area contributed by atoms with Crippen LogP contribution in [0.15, 0.2) is 23.2 Å². The molecule has 7 nitrogen and oxygen atoms in total. The Kier molecular flexibility index (Phi) is 6.69. The van der Waals surface area contributed by atoms with Gasteiger partial charge in [0.05, 0.1) is 16.6 Å². The summed E-state index contributed by atoms with van der Waals surface area (Å²) < 4.78 is 37.3. The lowest BCUT2D eigenvalue weighted by atomic mass is 10.3. The second-order valence-corrected chi connectivity index (χ2v) is 5.66. The maximum absolute atomic E-state index is 8.74. The molecule has 1 atom stereocenters. The van der Waals surface area contributed by atoms with E-state index in [1.807, 2.05) is 6.92 Å². The fourth-order valence-corrected chi connectivity index (χ4v) is 2.00. The van der Waals surface area contributed by atoms with Crippen LogP contribution in [0.2, 0.25) is 10.0 Å². The van der Waals surface area contributed by atoms with Crippen molar-refractivity contribution in [3.63, 3.8) is 0 Å². The van der Waals surface area contributed by atoms with Gasteiger partial charge >= 0.3 is 10.4 Å². The molecule has 1 aromatic rings.